The van der Waals surface area contributed by atoms with Gasteiger partial charge >= 0.3 is 0 Å². The Hall–Kier alpha value is -3.42. The third kappa shape index (κ3) is 2.79. The Morgan fingerprint density at radius 1 is 1.15 bits per heavy atom. The van der Waals surface area contributed by atoms with Gasteiger partial charge in [0.25, 0.3) is 5.56 Å². The number of ether oxygens (including phenoxy) is 2. The fourth-order valence-corrected chi connectivity index (χ4v) is 3.63. The highest BCUT2D eigenvalue weighted by molar-refractivity contribution is 6.02. The lowest BCUT2D eigenvalue weighted by atomic mass is 9.79. The molecule has 138 valence electrons. The number of nitrogens with one attached hydrogen (secondary N) is 1. The minimum atomic E-state index is -0.386. The van der Waals surface area contributed by atoms with Crippen molar-refractivity contribution in [3.8, 4) is 11.5 Å². The number of pyridine rings is 1. The van der Waals surface area contributed by atoms with E-state index in [-0.39, 0.29) is 28.9 Å². The number of aromatic amines is 1. The second-order valence-electron chi connectivity index (χ2n) is 6.44. The zero-order valence-corrected chi connectivity index (χ0v) is 14.9. The summed E-state index contributed by atoms with van der Waals surface area (Å²) < 4.78 is 10.6. The van der Waals surface area contributed by atoms with Crippen LogP contribution in [0.2, 0.25) is 0 Å². The maximum absolute atomic E-state index is 12.7. The van der Waals surface area contributed by atoms with E-state index in [0.29, 0.717) is 40.9 Å². The molecule has 27 heavy (non-hydrogen) atoms. The highest BCUT2D eigenvalue weighted by atomic mass is 16.5. The lowest BCUT2D eigenvalue weighted by Gasteiger charge is -2.25. The summed E-state index contributed by atoms with van der Waals surface area (Å²) in [6.45, 7) is 0. The Morgan fingerprint density at radius 2 is 1.93 bits per heavy atom. The van der Waals surface area contributed by atoms with Gasteiger partial charge < -0.3 is 15.2 Å². The molecule has 0 radical (unpaired) electrons. The highest BCUT2D eigenvalue weighted by Crippen LogP contribution is 2.38. The SMILES string of the molecule is COc1ccc([C@H]2CC(=O)c3cnc4nc(N)[nH]c(=O)c4c3C2)cc1OC. The lowest BCUT2D eigenvalue weighted by Crippen LogP contribution is -2.23. The van der Waals surface area contributed by atoms with E-state index in [2.05, 4.69) is 15.0 Å². The van der Waals surface area contributed by atoms with Gasteiger partial charge in [-0.2, -0.15) is 4.98 Å². The number of anilines is 1. The normalized spacial score (nSPS) is 16.2. The summed E-state index contributed by atoms with van der Waals surface area (Å²) in [7, 11) is 3.14. The number of nitrogens with two attached hydrogens (primary N) is 1. The van der Waals surface area contributed by atoms with E-state index in [9.17, 15) is 9.59 Å². The molecule has 8 nitrogen and oxygen atoms in total. The van der Waals surface area contributed by atoms with Crippen molar-refractivity contribution in [2.45, 2.75) is 18.8 Å². The van der Waals surface area contributed by atoms with Crippen molar-refractivity contribution in [3.05, 3.63) is 51.4 Å². The number of Topliss-reactive ketones (excluding diaryl/α,β-unsaturated/α-hetero) is 1. The van der Waals surface area contributed by atoms with Gasteiger partial charge in [0.2, 0.25) is 5.95 Å². The van der Waals surface area contributed by atoms with Crippen LogP contribution in [0.4, 0.5) is 5.95 Å². The van der Waals surface area contributed by atoms with Crippen molar-refractivity contribution in [1.29, 1.82) is 0 Å². The molecule has 0 amide bonds. The Kier molecular flexibility index (Phi) is 4.02. The van der Waals surface area contributed by atoms with E-state index in [1.807, 2.05) is 18.2 Å². The molecule has 0 aliphatic heterocycles. The van der Waals surface area contributed by atoms with Gasteiger partial charge in [-0.15, -0.1) is 0 Å². The van der Waals surface area contributed by atoms with E-state index >= 15 is 0 Å². The number of nitrogen functional groups attached to an aromatic ring is 1. The number of ketones is 1. The summed E-state index contributed by atoms with van der Waals surface area (Å²) in [4.78, 5) is 35.9. The molecule has 3 aromatic rings. The molecule has 1 aliphatic carbocycles. The van der Waals surface area contributed by atoms with Crippen molar-refractivity contribution in [3.63, 3.8) is 0 Å². The average molecular weight is 366 g/mol. The van der Waals surface area contributed by atoms with Gasteiger partial charge in [0.05, 0.1) is 19.6 Å². The minimum Gasteiger partial charge on any atom is -0.493 e. The molecule has 4 rings (SSSR count). The minimum absolute atomic E-state index is 0.00136. The first kappa shape index (κ1) is 17.0. The summed E-state index contributed by atoms with van der Waals surface area (Å²) in [5.41, 5.74) is 7.53. The first-order valence-electron chi connectivity index (χ1n) is 8.44. The number of carbonyl (C=O) groups excluding carboxylic acids is 1. The number of carbonyl (C=O) groups is 1. The number of benzene rings is 1. The summed E-state index contributed by atoms with van der Waals surface area (Å²) >= 11 is 0. The van der Waals surface area contributed by atoms with E-state index in [1.165, 1.54) is 6.20 Å². The Bertz CT molecular complexity index is 1120. The maximum Gasteiger partial charge on any atom is 0.262 e. The van der Waals surface area contributed by atoms with Crippen LogP contribution in [0.1, 0.15) is 33.8 Å². The van der Waals surface area contributed by atoms with Crippen molar-refractivity contribution >= 4 is 22.8 Å². The molecule has 3 N–H and O–H groups in total. The summed E-state index contributed by atoms with van der Waals surface area (Å²) in [6.07, 6.45) is 2.33. The maximum atomic E-state index is 12.7. The molecule has 1 atom stereocenters. The number of fused-ring (bicyclic) bond motifs is 3. The molecular formula is C19H18N4O4. The van der Waals surface area contributed by atoms with Gasteiger partial charge in [-0.05, 0) is 35.6 Å². The lowest BCUT2D eigenvalue weighted by molar-refractivity contribution is 0.0964. The summed E-state index contributed by atoms with van der Waals surface area (Å²) in [6, 6.07) is 5.59. The van der Waals surface area contributed by atoms with Crippen LogP contribution in [0.15, 0.2) is 29.2 Å². The third-order valence-corrected chi connectivity index (χ3v) is 4.92. The monoisotopic (exact) mass is 366 g/mol. The van der Waals surface area contributed by atoms with E-state index in [4.69, 9.17) is 15.2 Å². The molecule has 0 spiro atoms. The van der Waals surface area contributed by atoms with Gasteiger partial charge in [-0.3, -0.25) is 14.6 Å². The molecule has 0 unspecified atom stereocenters. The molecule has 0 saturated heterocycles. The Morgan fingerprint density at radius 3 is 2.67 bits per heavy atom. The zero-order chi connectivity index (χ0) is 19.1. The molecule has 0 bridgehead atoms. The van der Waals surface area contributed by atoms with Crippen LogP contribution in [0.5, 0.6) is 11.5 Å². The van der Waals surface area contributed by atoms with E-state index < -0.39 is 0 Å². The number of hydrogen-bond donors (Lipinski definition) is 2. The second kappa shape index (κ2) is 6.39. The number of nitrogens with zero attached hydrogens (tertiary/aromatic N) is 2. The first-order chi connectivity index (χ1) is 13.0. The van der Waals surface area contributed by atoms with Gasteiger partial charge in [0.1, 0.15) is 0 Å². The summed E-state index contributed by atoms with van der Waals surface area (Å²) in [5, 5.41) is 0.320. The average Bonchev–Trinajstić information content (AvgIpc) is 2.66. The van der Waals surface area contributed by atoms with Crippen LogP contribution in [0, 0.1) is 0 Å². The fourth-order valence-electron chi connectivity index (χ4n) is 3.63. The smallest absolute Gasteiger partial charge is 0.262 e. The van der Waals surface area contributed by atoms with E-state index in [1.54, 1.807) is 14.2 Å². The molecule has 1 aromatic carbocycles. The standard InChI is InChI=1S/C19H18N4O4/c1-26-14-4-3-9(7-15(14)27-2)10-5-11-12(13(24)6-10)8-21-17-16(11)18(25)23-19(20)22-17/h3-4,7-8,10H,5-6H2,1-2H3,(H3,20,21,22,23,25)/t10-/m1/s1. The second-order valence-corrected chi connectivity index (χ2v) is 6.44. The largest absolute Gasteiger partial charge is 0.493 e. The molecule has 0 saturated carbocycles. The quantitative estimate of drug-likeness (QED) is 0.725. The summed E-state index contributed by atoms with van der Waals surface area (Å²) in [5.74, 6) is 1.07. The Labute approximate surface area is 154 Å². The fraction of sp³-hybridized carbons (Fsp3) is 0.263. The van der Waals surface area contributed by atoms with Crippen LogP contribution in [-0.4, -0.2) is 35.0 Å². The number of hydrogen-bond acceptors (Lipinski definition) is 7. The van der Waals surface area contributed by atoms with Gasteiger partial charge in [-0.25, -0.2) is 4.98 Å². The van der Waals surface area contributed by atoms with Crippen LogP contribution in [0.25, 0.3) is 11.0 Å². The molecule has 2 heterocycles. The van der Waals surface area contributed by atoms with Crippen molar-refractivity contribution in [1.82, 2.24) is 15.0 Å². The molecule has 2 aromatic heterocycles. The van der Waals surface area contributed by atoms with Crippen molar-refractivity contribution < 1.29 is 14.3 Å². The van der Waals surface area contributed by atoms with Gasteiger partial charge in [0.15, 0.2) is 22.9 Å². The topological polar surface area (TPSA) is 120 Å². The molecule has 0 fully saturated rings. The van der Waals surface area contributed by atoms with Crippen LogP contribution in [0.3, 0.4) is 0 Å². The van der Waals surface area contributed by atoms with Crippen LogP contribution in [-0.2, 0) is 6.42 Å². The van der Waals surface area contributed by atoms with Gasteiger partial charge in [-0.1, -0.05) is 6.07 Å². The molecule has 1 aliphatic rings. The number of rotatable bonds is 3. The van der Waals surface area contributed by atoms with Crippen molar-refractivity contribution in [2.24, 2.45) is 0 Å². The van der Waals surface area contributed by atoms with Gasteiger partial charge in [0, 0.05) is 18.2 Å². The number of H-pyrrole nitrogens is 1. The first-order valence-corrected chi connectivity index (χ1v) is 8.44. The number of aromatic nitrogens is 3. The van der Waals surface area contributed by atoms with Crippen LogP contribution >= 0.6 is 0 Å². The molecule has 8 heteroatoms. The molecular weight excluding hydrogens is 348 g/mol. The number of methoxy groups -OCH3 is 2. The van der Waals surface area contributed by atoms with E-state index in [0.717, 1.165) is 5.56 Å². The Balaban J connectivity index is 1.84. The third-order valence-electron chi connectivity index (χ3n) is 4.92. The predicted octanol–water partition coefficient (Wildman–Crippen LogP) is 1.83. The predicted molar refractivity (Wildman–Crippen MR) is 99.5 cm³/mol. The van der Waals surface area contributed by atoms with Crippen molar-refractivity contribution in [2.75, 3.05) is 20.0 Å². The van der Waals surface area contributed by atoms with Crippen LogP contribution < -0.4 is 20.8 Å². The highest BCUT2D eigenvalue weighted by Gasteiger charge is 2.30. The zero-order valence-electron chi connectivity index (χ0n) is 14.9.